The van der Waals surface area contributed by atoms with Gasteiger partial charge in [-0.15, -0.1) is 0 Å². The summed E-state index contributed by atoms with van der Waals surface area (Å²) in [6.45, 7) is 0.613. The fourth-order valence-electron chi connectivity index (χ4n) is 1.56. The number of nitrogen functional groups attached to an aromatic ring is 1. The Morgan fingerprint density at radius 1 is 1.41 bits per heavy atom. The number of aliphatic hydroxyl groups is 1. The van der Waals surface area contributed by atoms with Crippen molar-refractivity contribution in [3.8, 4) is 5.75 Å². The number of anilines is 2. The molecule has 5 heteroatoms. The van der Waals surface area contributed by atoms with Crippen LogP contribution in [0, 0.1) is 0 Å². The molecule has 1 aromatic rings. The van der Waals surface area contributed by atoms with E-state index in [4.69, 9.17) is 20.3 Å². The number of aliphatic hydroxyl groups excluding tert-OH is 1. The van der Waals surface area contributed by atoms with Gasteiger partial charge in [-0.05, 0) is 18.6 Å². The van der Waals surface area contributed by atoms with Gasteiger partial charge in [0.15, 0.2) is 0 Å². The largest absolute Gasteiger partial charge is 0.497 e. The SMILES string of the molecule is COCC(CCO)Nc1cc(OC)ccc1N. The van der Waals surface area contributed by atoms with Gasteiger partial charge < -0.3 is 25.6 Å². The third kappa shape index (κ3) is 4.13. The molecule has 96 valence electrons. The number of hydrogen-bond acceptors (Lipinski definition) is 5. The van der Waals surface area contributed by atoms with Gasteiger partial charge in [0.25, 0.3) is 0 Å². The summed E-state index contributed by atoms with van der Waals surface area (Å²) in [5, 5.41) is 12.2. The number of benzene rings is 1. The first kappa shape index (κ1) is 13.6. The molecule has 4 N–H and O–H groups in total. The molecule has 0 fully saturated rings. The third-order valence-corrected chi connectivity index (χ3v) is 2.47. The normalized spacial score (nSPS) is 12.2. The fraction of sp³-hybridized carbons (Fsp3) is 0.500. The molecule has 1 rings (SSSR count). The predicted molar refractivity (Wildman–Crippen MR) is 68.4 cm³/mol. The molecule has 0 saturated heterocycles. The van der Waals surface area contributed by atoms with E-state index >= 15 is 0 Å². The molecule has 0 saturated carbocycles. The summed E-state index contributed by atoms with van der Waals surface area (Å²) in [4.78, 5) is 0. The maximum atomic E-state index is 8.96. The summed E-state index contributed by atoms with van der Waals surface area (Å²) in [5.41, 5.74) is 7.30. The maximum Gasteiger partial charge on any atom is 0.121 e. The van der Waals surface area contributed by atoms with Crippen LogP contribution in [-0.2, 0) is 4.74 Å². The zero-order chi connectivity index (χ0) is 12.7. The number of nitrogens with two attached hydrogens (primary N) is 1. The average Bonchev–Trinajstić information content (AvgIpc) is 2.32. The van der Waals surface area contributed by atoms with Crippen LogP contribution in [-0.4, -0.2) is 38.6 Å². The first-order chi connectivity index (χ1) is 8.21. The van der Waals surface area contributed by atoms with Crippen molar-refractivity contribution in [3.05, 3.63) is 18.2 Å². The second-order valence-corrected chi connectivity index (χ2v) is 3.76. The molecule has 1 aromatic carbocycles. The van der Waals surface area contributed by atoms with Crippen molar-refractivity contribution in [3.63, 3.8) is 0 Å². The van der Waals surface area contributed by atoms with Gasteiger partial charge >= 0.3 is 0 Å². The minimum atomic E-state index is 0.0272. The molecular formula is C12H20N2O3. The van der Waals surface area contributed by atoms with E-state index in [1.165, 1.54) is 0 Å². The van der Waals surface area contributed by atoms with Gasteiger partial charge in [0, 0.05) is 19.8 Å². The van der Waals surface area contributed by atoms with Gasteiger partial charge in [0.05, 0.1) is 31.1 Å². The number of ether oxygens (including phenoxy) is 2. The average molecular weight is 240 g/mol. The third-order valence-electron chi connectivity index (χ3n) is 2.47. The highest BCUT2D eigenvalue weighted by atomic mass is 16.5. The summed E-state index contributed by atoms with van der Waals surface area (Å²) < 4.78 is 10.2. The molecule has 0 radical (unpaired) electrons. The van der Waals surface area contributed by atoms with Crippen molar-refractivity contribution in [2.24, 2.45) is 0 Å². The van der Waals surface area contributed by atoms with E-state index in [1.54, 1.807) is 26.4 Å². The van der Waals surface area contributed by atoms with Crippen LogP contribution in [0.3, 0.4) is 0 Å². The monoisotopic (exact) mass is 240 g/mol. The van der Waals surface area contributed by atoms with Crippen molar-refractivity contribution >= 4 is 11.4 Å². The van der Waals surface area contributed by atoms with Crippen LogP contribution >= 0.6 is 0 Å². The lowest BCUT2D eigenvalue weighted by atomic mass is 10.2. The fourth-order valence-corrected chi connectivity index (χ4v) is 1.56. The first-order valence-corrected chi connectivity index (χ1v) is 5.51. The van der Waals surface area contributed by atoms with Crippen LogP contribution in [0.15, 0.2) is 18.2 Å². The van der Waals surface area contributed by atoms with Crippen molar-refractivity contribution in [1.82, 2.24) is 0 Å². The van der Waals surface area contributed by atoms with Gasteiger partial charge in [-0.2, -0.15) is 0 Å². The Morgan fingerprint density at radius 2 is 2.18 bits per heavy atom. The standard InChI is InChI=1S/C12H20N2O3/c1-16-8-9(5-6-15)14-12-7-10(17-2)3-4-11(12)13/h3-4,7,9,14-15H,5-6,8,13H2,1-2H3. The Balaban J connectivity index is 2.76. The highest BCUT2D eigenvalue weighted by Crippen LogP contribution is 2.25. The zero-order valence-electron chi connectivity index (χ0n) is 10.3. The Kier molecular flexibility index (Phi) is 5.59. The van der Waals surface area contributed by atoms with Crippen LogP contribution in [0.2, 0.25) is 0 Å². The van der Waals surface area contributed by atoms with E-state index in [-0.39, 0.29) is 12.6 Å². The summed E-state index contributed by atoms with van der Waals surface area (Å²) in [6, 6.07) is 5.44. The molecule has 0 amide bonds. The lowest BCUT2D eigenvalue weighted by Crippen LogP contribution is -2.26. The molecule has 0 spiro atoms. The van der Waals surface area contributed by atoms with Crippen LogP contribution in [0.5, 0.6) is 5.75 Å². The Morgan fingerprint density at radius 3 is 2.76 bits per heavy atom. The molecule has 5 nitrogen and oxygen atoms in total. The molecule has 1 atom stereocenters. The highest BCUT2D eigenvalue weighted by molar-refractivity contribution is 5.68. The minimum Gasteiger partial charge on any atom is -0.497 e. The number of methoxy groups -OCH3 is 2. The van der Waals surface area contributed by atoms with Crippen LogP contribution in [0.25, 0.3) is 0 Å². The minimum absolute atomic E-state index is 0.0272. The second-order valence-electron chi connectivity index (χ2n) is 3.76. The van der Waals surface area contributed by atoms with Gasteiger partial charge in [-0.25, -0.2) is 0 Å². The molecule has 1 unspecified atom stereocenters. The smallest absolute Gasteiger partial charge is 0.121 e. The van der Waals surface area contributed by atoms with Crippen LogP contribution in [0.4, 0.5) is 11.4 Å². The molecule has 0 aliphatic heterocycles. The molecule has 0 aliphatic carbocycles. The Hall–Kier alpha value is -1.46. The molecule has 0 heterocycles. The Labute approximate surface area is 102 Å². The van der Waals surface area contributed by atoms with Gasteiger partial charge in [0.1, 0.15) is 5.75 Å². The quantitative estimate of drug-likeness (QED) is 0.622. The maximum absolute atomic E-state index is 8.96. The van der Waals surface area contributed by atoms with Gasteiger partial charge in [-0.3, -0.25) is 0 Å². The van der Waals surface area contributed by atoms with Gasteiger partial charge in [0.2, 0.25) is 0 Å². The number of rotatable bonds is 7. The van der Waals surface area contributed by atoms with E-state index in [9.17, 15) is 0 Å². The topological polar surface area (TPSA) is 76.7 Å². The second kappa shape index (κ2) is 6.98. The van der Waals surface area contributed by atoms with Crippen LogP contribution < -0.4 is 15.8 Å². The molecule has 17 heavy (non-hydrogen) atoms. The number of hydrogen-bond donors (Lipinski definition) is 3. The molecular weight excluding hydrogens is 220 g/mol. The molecule has 0 aromatic heterocycles. The summed E-state index contributed by atoms with van der Waals surface area (Å²) in [6.07, 6.45) is 0.602. The van der Waals surface area contributed by atoms with E-state index in [0.29, 0.717) is 18.7 Å². The van der Waals surface area contributed by atoms with Gasteiger partial charge in [-0.1, -0.05) is 0 Å². The first-order valence-electron chi connectivity index (χ1n) is 5.51. The van der Waals surface area contributed by atoms with Crippen molar-refractivity contribution < 1.29 is 14.6 Å². The van der Waals surface area contributed by atoms with Crippen LogP contribution in [0.1, 0.15) is 6.42 Å². The summed E-state index contributed by atoms with van der Waals surface area (Å²) in [5.74, 6) is 0.738. The van der Waals surface area contributed by atoms with Crippen molar-refractivity contribution in [2.75, 3.05) is 38.5 Å². The number of nitrogens with one attached hydrogen (secondary N) is 1. The van der Waals surface area contributed by atoms with E-state index in [0.717, 1.165) is 11.4 Å². The lowest BCUT2D eigenvalue weighted by molar-refractivity contribution is 0.170. The van der Waals surface area contributed by atoms with E-state index in [2.05, 4.69) is 5.32 Å². The highest BCUT2D eigenvalue weighted by Gasteiger charge is 2.10. The van der Waals surface area contributed by atoms with Crippen molar-refractivity contribution in [1.29, 1.82) is 0 Å². The van der Waals surface area contributed by atoms with E-state index < -0.39 is 0 Å². The summed E-state index contributed by atoms with van der Waals surface area (Å²) >= 11 is 0. The predicted octanol–water partition coefficient (Wildman–Crippen LogP) is 1.09. The van der Waals surface area contributed by atoms with Crippen molar-refractivity contribution in [2.45, 2.75) is 12.5 Å². The molecule has 0 aliphatic rings. The lowest BCUT2D eigenvalue weighted by Gasteiger charge is -2.19. The molecule has 0 bridgehead atoms. The Bertz CT molecular complexity index is 339. The van der Waals surface area contributed by atoms with E-state index in [1.807, 2.05) is 6.07 Å². The summed E-state index contributed by atoms with van der Waals surface area (Å²) in [7, 11) is 3.23. The zero-order valence-corrected chi connectivity index (χ0v) is 10.3.